The van der Waals surface area contributed by atoms with Crippen LogP contribution in [-0.2, 0) is 23.9 Å². The number of aliphatic carboxylic acids is 1. The molecule has 40 heavy (non-hydrogen) atoms. The van der Waals surface area contributed by atoms with E-state index in [0.717, 1.165) is 50.5 Å². The van der Waals surface area contributed by atoms with Gasteiger partial charge in [-0.15, -0.1) is 0 Å². The lowest BCUT2D eigenvalue weighted by Crippen LogP contribution is -2.51. The maximum atomic E-state index is 12.9. The average Bonchev–Trinajstić information content (AvgIpc) is 3.26. The number of carboxylic acid groups (broad SMARTS) is 1. The van der Waals surface area contributed by atoms with Crippen molar-refractivity contribution in [2.24, 2.45) is 28.6 Å². The van der Waals surface area contributed by atoms with Crippen LogP contribution in [-0.4, -0.2) is 41.4 Å². The quantitative estimate of drug-likeness (QED) is 0.389. The van der Waals surface area contributed by atoms with Crippen LogP contribution in [0.15, 0.2) is 42.0 Å². The second-order valence-corrected chi connectivity index (χ2v) is 13.1. The molecule has 0 heterocycles. The molecule has 7 heteroatoms. The number of rotatable bonds is 9. The van der Waals surface area contributed by atoms with Crippen molar-refractivity contribution in [3.05, 3.63) is 47.5 Å². The summed E-state index contributed by atoms with van der Waals surface area (Å²) < 4.78 is 6.05. The lowest BCUT2D eigenvalue weighted by Gasteiger charge is -2.57. The zero-order valence-electron chi connectivity index (χ0n) is 23.8. The van der Waals surface area contributed by atoms with Gasteiger partial charge in [0.2, 0.25) is 5.91 Å². The summed E-state index contributed by atoms with van der Waals surface area (Å²) in [7, 11) is 0. The number of benzene rings is 1. The fraction of sp³-hybridized carbons (Fsp3) is 0.636. The summed E-state index contributed by atoms with van der Waals surface area (Å²) in [6.45, 7) is 4.89. The number of amides is 1. The van der Waals surface area contributed by atoms with Crippen LogP contribution in [0.1, 0.15) is 96.0 Å². The Morgan fingerprint density at radius 3 is 2.52 bits per heavy atom. The van der Waals surface area contributed by atoms with E-state index in [1.165, 1.54) is 5.57 Å². The van der Waals surface area contributed by atoms with Crippen molar-refractivity contribution in [2.75, 3.05) is 6.54 Å². The Hall–Kier alpha value is -2.96. The van der Waals surface area contributed by atoms with E-state index < -0.39 is 5.97 Å². The molecule has 7 atom stereocenters. The molecule has 4 aliphatic carbocycles. The van der Waals surface area contributed by atoms with Crippen molar-refractivity contribution in [1.82, 2.24) is 5.32 Å². The zero-order chi connectivity index (χ0) is 28.5. The second-order valence-electron chi connectivity index (χ2n) is 13.1. The number of carboxylic acids is 1. The van der Waals surface area contributed by atoms with E-state index in [1.54, 1.807) is 0 Å². The number of allylic oxidation sites excluding steroid dienone is 1. The van der Waals surface area contributed by atoms with Crippen LogP contribution >= 0.6 is 0 Å². The Balaban J connectivity index is 1.13. The summed E-state index contributed by atoms with van der Waals surface area (Å²) in [6.07, 6.45) is 9.60. The minimum Gasteiger partial charge on any atom is -0.481 e. The molecule has 0 radical (unpaired) electrons. The molecular weight excluding hydrogens is 506 g/mol. The van der Waals surface area contributed by atoms with Gasteiger partial charge < -0.3 is 15.2 Å². The van der Waals surface area contributed by atoms with Gasteiger partial charge in [-0.1, -0.05) is 49.8 Å². The van der Waals surface area contributed by atoms with E-state index in [4.69, 9.17) is 4.74 Å². The number of esters is 1. The summed E-state index contributed by atoms with van der Waals surface area (Å²) in [5, 5.41) is 12.1. The van der Waals surface area contributed by atoms with Crippen LogP contribution in [0, 0.1) is 28.6 Å². The maximum absolute atomic E-state index is 12.9. The molecule has 7 nitrogen and oxygen atoms in total. The topological polar surface area (TPSA) is 110 Å². The number of carbonyl (C=O) groups is 4. The predicted octanol–water partition coefficient (Wildman–Crippen LogP) is 5.59. The molecule has 2 N–H and O–H groups in total. The first kappa shape index (κ1) is 28.6. The number of nitrogens with one attached hydrogen (secondary N) is 1. The molecule has 4 aliphatic rings. The number of ether oxygens (including phenoxy) is 1. The number of ketones is 1. The molecule has 3 fully saturated rings. The molecule has 0 spiro atoms. The highest BCUT2D eigenvalue weighted by Crippen LogP contribution is 2.65. The van der Waals surface area contributed by atoms with Gasteiger partial charge in [-0.25, -0.2) is 0 Å². The van der Waals surface area contributed by atoms with Crippen molar-refractivity contribution in [2.45, 2.75) is 96.5 Å². The molecule has 0 saturated heterocycles. The van der Waals surface area contributed by atoms with Gasteiger partial charge in [-0.05, 0) is 79.8 Å². The van der Waals surface area contributed by atoms with E-state index in [2.05, 4.69) is 19.2 Å². The number of carbonyl (C=O) groups excluding carboxylic acids is 3. The first-order valence-electron chi connectivity index (χ1n) is 15.1. The van der Waals surface area contributed by atoms with Gasteiger partial charge in [0.1, 0.15) is 6.10 Å². The monoisotopic (exact) mass is 549 g/mol. The molecule has 5 rings (SSSR count). The normalized spacial score (nSPS) is 33.5. The molecular formula is C33H43NO6. The van der Waals surface area contributed by atoms with E-state index in [0.29, 0.717) is 24.2 Å². The van der Waals surface area contributed by atoms with Crippen molar-refractivity contribution in [3.8, 4) is 0 Å². The van der Waals surface area contributed by atoms with Crippen LogP contribution in [0.2, 0.25) is 0 Å². The van der Waals surface area contributed by atoms with Gasteiger partial charge in [0.15, 0.2) is 5.78 Å². The third-order valence-corrected chi connectivity index (χ3v) is 10.9. The van der Waals surface area contributed by atoms with Gasteiger partial charge in [-0.3, -0.25) is 19.2 Å². The Morgan fingerprint density at radius 1 is 1.00 bits per heavy atom. The highest BCUT2D eigenvalue weighted by Gasteiger charge is 2.59. The van der Waals surface area contributed by atoms with E-state index in [-0.39, 0.29) is 66.3 Å². The summed E-state index contributed by atoms with van der Waals surface area (Å²) >= 11 is 0. The zero-order valence-corrected chi connectivity index (χ0v) is 23.8. The van der Waals surface area contributed by atoms with Crippen LogP contribution in [0.25, 0.3) is 0 Å². The Labute approximate surface area is 237 Å². The van der Waals surface area contributed by atoms with E-state index >= 15 is 0 Å². The maximum Gasteiger partial charge on any atom is 0.306 e. The first-order chi connectivity index (χ1) is 19.1. The largest absolute Gasteiger partial charge is 0.481 e. The molecule has 3 saturated carbocycles. The molecule has 7 unspecified atom stereocenters. The minimum absolute atomic E-state index is 0.0182. The van der Waals surface area contributed by atoms with Crippen LogP contribution in [0.5, 0.6) is 0 Å². The standard InChI is InChI=1S/C33H43NO6/c1-32-16-14-24(35)19-23(32)8-9-25-26-10-11-28(33(26,2)17-15-27(25)32)40-31(39)13-12-29(36)34-20-22(18-30(37)38)21-6-4-3-5-7-21/h3-7,19,22,25-28H,8-18,20H2,1-2H3,(H,34,36)(H,37,38). The lowest BCUT2D eigenvalue weighted by atomic mass is 9.47. The van der Waals surface area contributed by atoms with Crippen molar-refractivity contribution in [1.29, 1.82) is 0 Å². The Bertz CT molecular complexity index is 1180. The fourth-order valence-electron chi connectivity index (χ4n) is 8.71. The number of hydrogen-bond donors (Lipinski definition) is 2. The molecule has 0 bridgehead atoms. The molecule has 1 amide bonds. The van der Waals surface area contributed by atoms with Crippen molar-refractivity contribution < 1.29 is 29.0 Å². The third kappa shape index (κ3) is 5.61. The average molecular weight is 550 g/mol. The summed E-state index contributed by atoms with van der Waals surface area (Å²) in [4.78, 5) is 48.8. The SMILES string of the molecule is CC12CCC(=O)C=C1CCC1C2CCC2(C)C(OC(=O)CCC(=O)NCC(CC(=O)O)c3ccccc3)CCC12. The van der Waals surface area contributed by atoms with Crippen molar-refractivity contribution >= 4 is 23.6 Å². The van der Waals surface area contributed by atoms with Crippen LogP contribution in [0.3, 0.4) is 0 Å². The molecule has 0 aromatic heterocycles. The highest BCUT2D eigenvalue weighted by atomic mass is 16.5. The fourth-order valence-corrected chi connectivity index (χ4v) is 8.71. The number of fused-ring (bicyclic) bond motifs is 5. The molecule has 216 valence electrons. The predicted molar refractivity (Wildman–Crippen MR) is 150 cm³/mol. The highest BCUT2D eigenvalue weighted by molar-refractivity contribution is 5.91. The molecule has 0 aliphatic heterocycles. The van der Waals surface area contributed by atoms with Crippen LogP contribution in [0.4, 0.5) is 0 Å². The second kappa shape index (κ2) is 11.5. The van der Waals surface area contributed by atoms with Gasteiger partial charge in [-0.2, -0.15) is 0 Å². The lowest BCUT2D eigenvalue weighted by molar-refractivity contribution is -0.160. The molecule has 1 aromatic carbocycles. The third-order valence-electron chi connectivity index (χ3n) is 10.9. The van der Waals surface area contributed by atoms with Crippen molar-refractivity contribution in [3.63, 3.8) is 0 Å². The first-order valence-corrected chi connectivity index (χ1v) is 15.1. The van der Waals surface area contributed by atoms with Gasteiger partial charge in [0.05, 0.1) is 12.8 Å². The summed E-state index contributed by atoms with van der Waals surface area (Å²) in [5.74, 6) is 0.145. The van der Waals surface area contributed by atoms with E-state index in [9.17, 15) is 24.3 Å². The summed E-state index contributed by atoms with van der Waals surface area (Å²) in [6, 6.07) is 9.29. The smallest absolute Gasteiger partial charge is 0.306 e. The Morgan fingerprint density at radius 2 is 1.77 bits per heavy atom. The number of hydrogen-bond acceptors (Lipinski definition) is 5. The molecule has 1 aromatic rings. The van der Waals surface area contributed by atoms with Gasteiger partial charge in [0.25, 0.3) is 0 Å². The van der Waals surface area contributed by atoms with Crippen LogP contribution < -0.4 is 5.32 Å². The summed E-state index contributed by atoms with van der Waals surface area (Å²) in [5.41, 5.74) is 2.32. The van der Waals surface area contributed by atoms with E-state index in [1.807, 2.05) is 36.4 Å². The van der Waals surface area contributed by atoms with Gasteiger partial charge in [0, 0.05) is 30.7 Å². The van der Waals surface area contributed by atoms with Gasteiger partial charge >= 0.3 is 11.9 Å². The minimum atomic E-state index is -0.919. The Kier molecular flexibility index (Phi) is 8.21.